The van der Waals surface area contributed by atoms with Crippen molar-refractivity contribution in [3.63, 3.8) is 0 Å². The van der Waals surface area contributed by atoms with Crippen LogP contribution in [0.4, 0.5) is 0 Å². The van der Waals surface area contributed by atoms with Crippen molar-refractivity contribution in [3.05, 3.63) is 29.3 Å². The molecule has 17 heavy (non-hydrogen) atoms. The van der Waals surface area contributed by atoms with Crippen molar-refractivity contribution in [2.75, 3.05) is 13.2 Å². The molecule has 0 amide bonds. The predicted molar refractivity (Wildman–Crippen MR) is 71.5 cm³/mol. The second-order valence-electron chi connectivity index (χ2n) is 5.14. The molecule has 0 atom stereocenters. The van der Waals surface area contributed by atoms with Gasteiger partial charge in [0.1, 0.15) is 0 Å². The van der Waals surface area contributed by atoms with Gasteiger partial charge in [0, 0.05) is 6.54 Å². The Hall–Kier alpha value is -0.835. The van der Waals surface area contributed by atoms with Crippen LogP contribution in [0.25, 0.3) is 0 Å². The van der Waals surface area contributed by atoms with Gasteiger partial charge in [-0.2, -0.15) is 0 Å². The molecule has 3 N–H and O–H groups in total. The van der Waals surface area contributed by atoms with E-state index in [-0.39, 0.29) is 18.6 Å². The van der Waals surface area contributed by atoms with Crippen molar-refractivity contribution < 1.29 is 10.2 Å². The van der Waals surface area contributed by atoms with Crippen molar-refractivity contribution in [2.24, 2.45) is 0 Å². The molecule has 0 heterocycles. The van der Waals surface area contributed by atoms with E-state index in [1.54, 1.807) is 0 Å². The van der Waals surface area contributed by atoms with Gasteiger partial charge in [0.05, 0.1) is 13.2 Å². The van der Waals surface area contributed by atoms with Crippen LogP contribution in [0.5, 0.6) is 0 Å². The molecule has 0 bridgehead atoms. The third-order valence-electron chi connectivity index (χ3n) is 2.69. The zero-order valence-electron chi connectivity index (χ0n) is 10.8. The molecule has 0 unspecified atom stereocenters. The molecule has 0 fully saturated rings. The van der Waals surface area contributed by atoms with Crippen LogP contribution in [0.3, 0.4) is 0 Å². The highest BCUT2D eigenvalue weighted by atomic mass is 16.3. The molecule has 0 aliphatic carbocycles. The van der Waals surface area contributed by atoms with Crippen molar-refractivity contribution in [2.45, 2.75) is 32.8 Å². The van der Waals surface area contributed by atoms with Gasteiger partial charge in [-0.15, -0.1) is 0 Å². The second-order valence-corrected chi connectivity index (χ2v) is 5.14. The van der Waals surface area contributed by atoms with Crippen LogP contribution in [0, 0.1) is 0 Å². The molecule has 4 heteroatoms. The van der Waals surface area contributed by atoms with Crippen LogP contribution >= 0.6 is 0 Å². The summed E-state index contributed by atoms with van der Waals surface area (Å²) in [7, 11) is 1.83. The Morgan fingerprint density at radius 1 is 1.24 bits per heavy atom. The third-order valence-corrected chi connectivity index (χ3v) is 2.69. The van der Waals surface area contributed by atoms with Crippen molar-refractivity contribution in [1.29, 1.82) is 0 Å². The van der Waals surface area contributed by atoms with E-state index in [1.807, 2.05) is 19.5 Å². The number of aliphatic hydroxyl groups excluding tert-OH is 2. The first-order valence-corrected chi connectivity index (χ1v) is 5.90. The van der Waals surface area contributed by atoms with Gasteiger partial charge in [-0.25, -0.2) is 0 Å². The largest absolute Gasteiger partial charge is 0.395 e. The van der Waals surface area contributed by atoms with E-state index in [0.717, 1.165) is 11.0 Å². The zero-order valence-corrected chi connectivity index (χ0v) is 10.8. The van der Waals surface area contributed by atoms with Crippen molar-refractivity contribution in [3.8, 4) is 0 Å². The van der Waals surface area contributed by atoms with E-state index in [4.69, 9.17) is 5.11 Å². The number of aliphatic hydroxyl groups is 2. The summed E-state index contributed by atoms with van der Waals surface area (Å²) in [5, 5.41) is 21.1. The van der Waals surface area contributed by atoms with Crippen molar-refractivity contribution in [1.82, 2.24) is 5.23 Å². The highest BCUT2D eigenvalue weighted by Crippen LogP contribution is 2.22. The molecule has 0 aliphatic heterocycles. The van der Waals surface area contributed by atoms with Gasteiger partial charge >= 0.3 is 0 Å². The van der Waals surface area contributed by atoms with Gasteiger partial charge in [-0.3, -0.25) is 0 Å². The van der Waals surface area contributed by atoms with Crippen LogP contribution in [-0.2, 0) is 12.0 Å². The first kappa shape index (κ1) is 14.2. The summed E-state index contributed by atoms with van der Waals surface area (Å²) >= 11 is 0. The molecular weight excluding hydrogens is 213 g/mol. The molecule has 0 spiro atoms. The van der Waals surface area contributed by atoms with E-state index in [2.05, 4.69) is 32.1 Å². The van der Waals surface area contributed by atoms with Crippen LogP contribution in [0.15, 0.2) is 18.2 Å². The molecule has 1 aromatic rings. The minimum atomic E-state index is 0.0244. The summed E-state index contributed by atoms with van der Waals surface area (Å²) in [5.41, 5.74) is 3.17. The maximum atomic E-state index is 9.37. The molecule has 1 radical (unpaired) electrons. The highest BCUT2D eigenvalue weighted by Gasteiger charge is 2.15. The van der Waals surface area contributed by atoms with Crippen molar-refractivity contribution >= 4 is 12.9 Å². The van der Waals surface area contributed by atoms with Crippen LogP contribution in [0.2, 0.25) is 0 Å². The lowest BCUT2D eigenvalue weighted by atomic mass is 9.76. The summed E-state index contributed by atoms with van der Waals surface area (Å²) in [6.07, 6.45) is 0. The summed E-state index contributed by atoms with van der Waals surface area (Å²) in [4.78, 5) is 0. The average Bonchev–Trinajstić information content (AvgIpc) is 2.28. The lowest BCUT2D eigenvalue weighted by Crippen LogP contribution is -2.35. The number of benzene rings is 1. The summed E-state index contributed by atoms with van der Waals surface area (Å²) in [5.74, 6) is 0. The van der Waals surface area contributed by atoms with E-state index in [9.17, 15) is 5.11 Å². The minimum Gasteiger partial charge on any atom is -0.395 e. The fourth-order valence-electron chi connectivity index (χ4n) is 1.60. The zero-order chi connectivity index (χ0) is 12.9. The highest BCUT2D eigenvalue weighted by molar-refractivity contribution is 6.51. The molecule has 93 valence electrons. The Morgan fingerprint density at radius 2 is 1.94 bits per heavy atom. The number of nitrogens with one attached hydrogen (secondary N) is 1. The molecule has 1 aromatic carbocycles. The lowest BCUT2D eigenvalue weighted by Gasteiger charge is -2.21. The van der Waals surface area contributed by atoms with Gasteiger partial charge in [0.25, 0.3) is 0 Å². The van der Waals surface area contributed by atoms with Gasteiger partial charge < -0.3 is 15.4 Å². The van der Waals surface area contributed by atoms with Crippen LogP contribution in [-0.4, -0.2) is 30.8 Å². The lowest BCUT2D eigenvalue weighted by molar-refractivity contribution is 0.282. The van der Waals surface area contributed by atoms with E-state index < -0.39 is 0 Å². The normalized spacial score (nSPS) is 11.6. The molecule has 0 saturated carbocycles. The minimum absolute atomic E-state index is 0.0244. The Bertz CT molecular complexity index is 361. The second kappa shape index (κ2) is 6.19. The standard InChI is InChI=1S/C13H21BNO2/c1-13(2,3)11-4-5-12(10(8-11)9-17)14-15-6-7-16/h4-5,8,15-17H,6-7,9H2,1-3H3. The number of hydrogen-bond acceptors (Lipinski definition) is 3. The summed E-state index contributed by atoms with van der Waals surface area (Å²) in [6.45, 7) is 7.10. The van der Waals surface area contributed by atoms with Gasteiger partial charge in [-0.05, 0) is 16.5 Å². The Labute approximate surface area is 104 Å². The van der Waals surface area contributed by atoms with Gasteiger partial charge in [-0.1, -0.05) is 44.4 Å². The van der Waals surface area contributed by atoms with Gasteiger partial charge in [0.15, 0.2) is 0 Å². The Morgan fingerprint density at radius 3 is 2.47 bits per heavy atom. The fourth-order valence-corrected chi connectivity index (χ4v) is 1.60. The third kappa shape index (κ3) is 4.15. The van der Waals surface area contributed by atoms with Gasteiger partial charge in [0.2, 0.25) is 7.41 Å². The monoisotopic (exact) mass is 234 g/mol. The molecule has 3 nitrogen and oxygen atoms in total. The maximum Gasteiger partial charge on any atom is 0.245 e. The maximum absolute atomic E-state index is 9.37. The van der Waals surface area contributed by atoms with Crippen LogP contribution < -0.4 is 10.7 Å². The molecule has 0 saturated heterocycles. The quantitative estimate of drug-likeness (QED) is 0.507. The Kier molecular flexibility index (Phi) is 5.18. The first-order valence-electron chi connectivity index (χ1n) is 5.90. The van der Waals surface area contributed by atoms with E-state index in [0.29, 0.717) is 6.54 Å². The Balaban J connectivity index is 2.86. The molecular formula is C13H21BNO2. The topological polar surface area (TPSA) is 52.5 Å². The average molecular weight is 234 g/mol. The fraction of sp³-hybridized carbons (Fsp3) is 0.538. The predicted octanol–water partition coefficient (Wildman–Crippen LogP) is 0.303. The van der Waals surface area contributed by atoms with E-state index >= 15 is 0 Å². The smallest absolute Gasteiger partial charge is 0.245 e. The summed E-state index contributed by atoms with van der Waals surface area (Å²) in [6, 6.07) is 6.11. The summed E-state index contributed by atoms with van der Waals surface area (Å²) < 4.78 is 0. The SMILES string of the molecule is CC(C)(C)c1ccc([B]NCCO)c(CO)c1. The number of rotatable bonds is 5. The molecule has 1 rings (SSSR count). The van der Waals surface area contributed by atoms with Crippen LogP contribution in [0.1, 0.15) is 31.9 Å². The molecule has 0 aromatic heterocycles. The van der Waals surface area contributed by atoms with E-state index in [1.165, 1.54) is 5.56 Å². The first-order chi connectivity index (χ1) is 7.99. The number of hydrogen-bond donors (Lipinski definition) is 3. The molecule has 0 aliphatic rings.